The number of rotatable bonds is 0. The molecule has 4 heteroatoms. The van der Waals surface area contributed by atoms with Crippen molar-refractivity contribution in [3.05, 3.63) is 63.0 Å². The number of hydrogen-bond donors (Lipinski definition) is 0. The van der Waals surface area contributed by atoms with E-state index in [1.807, 2.05) is 50.2 Å². The fourth-order valence-corrected chi connectivity index (χ4v) is 3.29. The van der Waals surface area contributed by atoms with Crippen molar-refractivity contribution in [1.82, 2.24) is 4.98 Å². The second kappa shape index (κ2) is 4.55. The first-order valence-corrected chi connectivity index (χ1v) is 7.36. The SMILES string of the molecule is Cc1cc(C)c2oc(=O)c3c(Cl)c4ccccc4nc3c2c1. The molecule has 22 heavy (non-hydrogen) atoms. The lowest BCUT2D eigenvalue weighted by molar-refractivity contribution is 0.567. The Balaban J connectivity index is 2.38. The molecule has 0 amide bonds. The van der Waals surface area contributed by atoms with Gasteiger partial charge < -0.3 is 4.42 Å². The number of benzene rings is 2. The number of pyridine rings is 1. The maximum Gasteiger partial charge on any atom is 0.347 e. The molecule has 4 rings (SSSR count). The van der Waals surface area contributed by atoms with E-state index < -0.39 is 5.63 Å². The first kappa shape index (κ1) is 13.3. The summed E-state index contributed by atoms with van der Waals surface area (Å²) in [4.78, 5) is 17.1. The van der Waals surface area contributed by atoms with Crippen molar-refractivity contribution in [3.63, 3.8) is 0 Å². The highest BCUT2D eigenvalue weighted by Gasteiger charge is 2.16. The first-order valence-electron chi connectivity index (χ1n) is 6.98. The molecule has 0 radical (unpaired) electrons. The lowest BCUT2D eigenvalue weighted by Gasteiger charge is -2.09. The molecule has 0 saturated carbocycles. The lowest BCUT2D eigenvalue weighted by atomic mass is 10.0. The number of hydrogen-bond acceptors (Lipinski definition) is 3. The Bertz CT molecular complexity index is 1130. The lowest BCUT2D eigenvalue weighted by Crippen LogP contribution is -2.03. The highest BCUT2D eigenvalue weighted by molar-refractivity contribution is 6.40. The van der Waals surface area contributed by atoms with Gasteiger partial charge in [0.1, 0.15) is 11.0 Å². The minimum absolute atomic E-state index is 0.345. The van der Waals surface area contributed by atoms with Gasteiger partial charge in [-0.25, -0.2) is 9.78 Å². The van der Waals surface area contributed by atoms with Gasteiger partial charge in [-0.2, -0.15) is 0 Å². The molecule has 0 spiro atoms. The van der Waals surface area contributed by atoms with Gasteiger partial charge in [-0.3, -0.25) is 0 Å². The fraction of sp³-hybridized carbons (Fsp3) is 0.111. The van der Waals surface area contributed by atoms with Crippen LogP contribution in [0, 0.1) is 13.8 Å². The van der Waals surface area contributed by atoms with Gasteiger partial charge in [0.05, 0.1) is 16.1 Å². The highest BCUT2D eigenvalue weighted by Crippen LogP contribution is 2.33. The van der Waals surface area contributed by atoms with Crippen LogP contribution in [0.3, 0.4) is 0 Å². The van der Waals surface area contributed by atoms with Crippen molar-refractivity contribution in [1.29, 1.82) is 0 Å². The quantitative estimate of drug-likeness (QED) is 0.267. The largest absolute Gasteiger partial charge is 0.422 e. The molecular formula is C18H12ClNO2. The van der Waals surface area contributed by atoms with Gasteiger partial charge >= 0.3 is 5.63 Å². The highest BCUT2D eigenvalue weighted by atomic mass is 35.5. The number of aromatic nitrogens is 1. The topological polar surface area (TPSA) is 43.1 Å². The average Bonchev–Trinajstić information content (AvgIpc) is 2.49. The third kappa shape index (κ3) is 1.76. The van der Waals surface area contributed by atoms with Crippen molar-refractivity contribution in [3.8, 4) is 0 Å². The van der Waals surface area contributed by atoms with Crippen LogP contribution in [0.2, 0.25) is 5.02 Å². The number of nitrogens with zero attached hydrogens (tertiary/aromatic N) is 1. The number of aryl methyl sites for hydroxylation is 2. The summed E-state index contributed by atoms with van der Waals surface area (Å²) in [6, 6.07) is 11.5. The zero-order valence-corrected chi connectivity index (χ0v) is 12.9. The Morgan fingerprint density at radius 3 is 2.68 bits per heavy atom. The molecule has 0 aliphatic heterocycles. The molecule has 0 aliphatic carbocycles. The van der Waals surface area contributed by atoms with Crippen LogP contribution in [-0.2, 0) is 0 Å². The van der Waals surface area contributed by atoms with Crippen LogP contribution >= 0.6 is 11.6 Å². The third-order valence-electron chi connectivity index (χ3n) is 3.90. The molecule has 0 aliphatic rings. The van der Waals surface area contributed by atoms with Gasteiger partial charge in [0, 0.05) is 10.8 Å². The predicted octanol–water partition coefficient (Wildman–Crippen LogP) is 4.76. The molecule has 2 aromatic carbocycles. The summed E-state index contributed by atoms with van der Waals surface area (Å²) >= 11 is 6.46. The average molecular weight is 310 g/mol. The van der Waals surface area contributed by atoms with E-state index in [9.17, 15) is 4.79 Å². The van der Waals surface area contributed by atoms with Gasteiger partial charge in [0.15, 0.2) is 0 Å². The molecule has 0 N–H and O–H groups in total. The second-order valence-corrected chi connectivity index (χ2v) is 5.89. The number of halogens is 1. The minimum atomic E-state index is -0.447. The zero-order chi connectivity index (χ0) is 15.4. The van der Waals surface area contributed by atoms with E-state index in [1.54, 1.807) is 0 Å². The summed E-state index contributed by atoms with van der Waals surface area (Å²) in [5, 5.41) is 2.32. The molecule has 3 nitrogen and oxygen atoms in total. The van der Waals surface area contributed by atoms with Crippen LogP contribution in [0.1, 0.15) is 11.1 Å². The Hall–Kier alpha value is -2.39. The summed E-state index contributed by atoms with van der Waals surface area (Å²) in [6.07, 6.45) is 0. The molecule has 2 aromatic heterocycles. The van der Waals surface area contributed by atoms with Gasteiger partial charge in [-0.05, 0) is 37.1 Å². The first-order chi connectivity index (χ1) is 10.6. The summed E-state index contributed by atoms with van der Waals surface area (Å²) in [5.41, 5.74) is 3.50. The summed E-state index contributed by atoms with van der Waals surface area (Å²) < 4.78 is 5.51. The number of fused-ring (bicyclic) bond motifs is 4. The van der Waals surface area contributed by atoms with Crippen LogP contribution in [0.15, 0.2) is 45.6 Å². The second-order valence-electron chi connectivity index (χ2n) is 5.51. The van der Waals surface area contributed by atoms with Crippen LogP contribution in [-0.4, -0.2) is 4.98 Å². The maximum absolute atomic E-state index is 12.4. The molecule has 2 heterocycles. The molecule has 4 aromatic rings. The van der Waals surface area contributed by atoms with Gasteiger partial charge in [0.25, 0.3) is 0 Å². The van der Waals surface area contributed by atoms with Crippen molar-refractivity contribution in [2.24, 2.45) is 0 Å². The van der Waals surface area contributed by atoms with E-state index in [0.29, 0.717) is 21.5 Å². The van der Waals surface area contributed by atoms with Crippen molar-refractivity contribution in [2.45, 2.75) is 13.8 Å². The molecule has 108 valence electrons. The monoisotopic (exact) mass is 309 g/mol. The Morgan fingerprint density at radius 1 is 1.09 bits per heavy atom. The van der Waals surface area contributed by atoms with Crippen molar-refractivity contribution >= 4 is 44.4 Å². The zero-order valence-electron chi connectivity index (χ0n) is 12.1. The Labute approximate surface area is 131 Å². The van der Waals surface area contributed by atoms with Gasteiger partial charge in [-0.1, -0.05) is 35.9 Å². The van der Waals surface area contributed by atoms with Crippen molar-refractivity contribution in [2.75, 3.05) is 0 Å². The molecule has 0 atom stereocenters. The van der Waals surface area contributed by atoms with Crippen LogP contribution < -0.4 is 5.63 Å². The molecular weight excluding hydrogens is 298 g/mol. The normalized spacial score (nSPS) is 11.6. The molecule has 0 saturated heterocycles. The summed E-state index contributed by atoms with van der Waals surface area (Å²) in [5.74, 6) is 0. The maximum atomic E-state index is 12.4. The van der Waals surface area contributed by atoms with Crippen molar-refractivity contribution < 1.29 is 4.42 Å². The van der Waals surface area contributed by atoms with E-state index in [0.717, 1.165) is 27.4 Å². The molecule has 0 fully saturated rings. The third-order valence-corrected chi connectivity index (χ3v) is 4.29. The predicted molar refractivity (Wildman–Crippen MR) is 89.8 cm³/mol. The molecule has 0 unspecified atom stereocenters. The van der Waals surface area contributed by atoms with Gasteiger partial charge in [-0.15, -0.1) is 0 Å². The fourth-order valence-electron chi connectivity index (χ4n) is 2.96. The van der Waals surface area contributed by atoms with E-state index in [1.165, 1.54) is 0 Å². The standard InChI is InChI=1S/C18H12ClNO2/c1-9-7-10(2)17-12(8-9)16-14(18(21)22-17)15(19)11-5-3-4-6-13(11)20-16/h3-8H,1-2H3. The van der Waals surface area contributed by atoms with Gasteiger partial charge in [0.2, 0.25) is 0 Å². The summed E-state index contributed by atoms with van der Waals surface area (Å²) in [6.45, 7) is 3.93. The Kier molecular flexibility index (Phi) is 2.75. The Morgan fingerprint density at radius 2 is 1.86 bits per heavy atom. The van der Waals surface area contributed by atoms with E-state index >= 15 is 0 Å². The van der Waals surface area contributed by atoms with E-state index in [4.69, 9.17) is 16.0 Å². The van der Waals surface area contributed by atoms with Crippen LogP contribution in [0.5, 0.6) is 0 Å². The van der Waals surface area contributed by atoms with E-state index in [2.05, 4.69) is 4.98 Å². The summed E-state index contributed by atoms with van der Waals surface area (Å²) in [7, 11) is 0. The number of para-hydroxylation sites is 1. The molecule has 0 bridgehead atoms. The van der Waals surface area contributed by atoms with E-state index in [-0.39, 0.29) is 0 Å². The smallest absolute Gasteiger partial charge is 0.347 e. The minimum Gasteiger partial charge on any atom is -0.422 e. The van der Waals surface area contributed by atoms with Crippen LogP contribution in [0.25, 0.3) is 32.8 Å². The van der Waals surface area contributed by atoms with Crippen LogP contribution in [0.4, 0.5) is 0 Å².